The molecule has 0 aromatic rings. The van der Waals surface area contributed by atoms with Gasteiger partial charge in [0, 0.05) is 6.42 Å². The molecule has 1 fully saturated rings. The van der Waals surface area contributed by atoms with Crippen LogP contribution in [0.3, 0.4) is 0 Å². The minimum atomic E-state index is -0.0416. The molecule has 1 saturated heterocycles. The van der Waals surface area contributed by atoms with E-state index >= 15 is 0 Å². The molecule has 3 rings (SSSR count). The van der Waals surface area contributed by atoms with Crippen LogP contribution in [0.2, 0.25) is 0 Å². The SMILES string of the molecule is [CH]1OC1OC1=C(C2=CCCC2)CCC1. The van der Waals surface area contributed by atoms with E-state index in [0.717, 1.165) is 6.42 Å². The zero-order chi connectivity index (χ0) is 9.38. The molecule has 1 unspecified atom stereocenters. The Morgan fingerprint density at radius 3 is 2.86 bits per heavy atom. The molecule has 2 heteroatoms. The normalized spacial score (nSPS) is 30.9. The van der Waals surface area contributed by atoms with E-state index in [1.54, 1.807) is 6.61 Å². The highest BCUT2D eigenvalue weighted by Crippen LogP contribution is 2.38. The Hall–Kier alpha value is -0.760. The highest BCUT2D eigenvalue weighted by molar-refractivity contribution is 5.37. The number of ether oxygens (including phenoxy) is 2. The molecule has 0 aromatic carbocycles. The average molecular weight is 191 g/mol. The molecule has 0 saturated carbocycles. The van der Waals surface area contributed by atoms with Crippen molar-refractivity contribution in [3.8, 4) is 0 Å². The van der Waals surface area contributed by atoms with Gasteiger partial charge in [-0.3, -0.25) is 0 Å². The van der Waals surface area contributed by atoms with Crippen LogP contribution in [-0.2, 0) is 9.47 Å². The maximum Gasteiger partial charge on any atom is 0.229 e. The Bertz CT molecular complexity index is 297. The number of hydrogen-bond acceptors (Lipinski definition) is 2. The Labute approximate surface area is 84.6 Å². The van der Waals surface area contributed by atoms with Crippen molar-refractivity contribution in [3.63, 3.8) is 0 Å². The van der Waals surface area contributed by atoms with Crippen molar-refractivity contribution in [2.24, 2.45) is 0 Å². The van der Waals surface area contributed by atoms with E-state index < -0.39 is 0 Å². The molecule has 0 aromatic heterocycles. The Kier molecular flexibility index (Phi) is 2.09. The van der Waals surface area contributed by atoms with Crippen LogP contribution in [0, 0.1) is 6.61 Å². The van der Waals surface area contributed by atoms with Gasteiger partial charge in [0.2, 0.25) is 6.29 Å². The smallest absolute Gasteiger partial charge is 0.229 e. The van der Waals surface area contributed by atoms with E-state index in [-0.39, 0.29) is 6.29 Å². The number of hydrogen-bond donors (Lipinski definition) is 0. The molecule has 75 valence electrons. The lowest BCUT2D eigenvalue weighted by atomic mass is 10.1. The topological polar surface area (TPSA) is 21.8 Å². The molecule has 2 aliphatic carbocycles. The monoisotopic (exact) mass is 191 g/mol. The largest absolute Gasteiger partial charge is 0.466 e. The van der Waals surface area contributed by atoms with Gasteiger partial charge in [0.25, 0.3) is 0 Å². The van der Waals surface area contributed by atoms with Crippen LogP contribution in [0.1, 0.15) is 38.5 Å². The quantitative estimate of drug-likeness (QED) is 0.639. The third-order valence-corrected chi connectivity index (χ3v) is 3.10. The van der Waals surface area contributed by atoms with Crippen LogP contribution in [0.4, 0.5) is 0 Å². The van der Waals surface area contributed by atoms with Gasteiger partial charge >= 0.3 is 0 Å². The lowest BCUT2D eigenvalue weighted by Gasteiger charge is -2.08. The third kappa shape index (κ3) is 1.59. The zero-order valence-electron chi connectivity index (χ0n) is 8.29. The first-order chi connectivity index (χ1) is 6.93. The molecule has 0 amide bonds. The Morgan fingerprint density at radius 1 is 1.21 bits per heavy atom. The molecule has 0 bridgehead atoms. The number of rotatable bonds is 3. The van der Waals surface area contributed by atoms with Crippen LogP contribution in [0.15, 0.2) is 23.0 Å². The van der Waals surface area contributed by atoms with Gasteiger partial charge in [-0.05, 0) is 43.3 Å². The fourth-order valence-corrected chi connectivity index (χ4v) is 2.36. The third-order valence-electron chi connectivity index (χ3n) is 3.10. The maximum atomic E-state index is 5.71. The number of epoxide rings is 1. The van der Waals surface area contributed by atoms with Crippen LogP contribution in [0.5, 0.6) is 0 Å². The highest BCUT2D eigenvalue weighted by atomic mass is 16.8. The molecule has 14 heavy (non-hydrogen) atoms. The number of allylic oxidation sites excluding steroid dienone is 4. The summed E-state index contributed by atoms with van der Waals surface area (Å²) in [5.74, 6) is 1.19. The summed E-state index contributed by atoms with van der Waals surface area (Å²) in [6.45, 7) is 1.74. The minimum Gasteiger partial charge on any atom is -0.466 e. The summed E-state index contributed by atoms with van der Waals surface area (Å²) in [6.07, 6.45) is 9.69. The van der Waals surface area contributed by atoms with Gasteiger partial charge in [-0.1, -0.05) is 6.08 Å². The predicted molar refractivity (Wildman–Crippen MR) is 53.1 cm³/mol. The first kappa shape index (κ1) is 8.54. The Morgan fingerprint density at radius 2 is 2.14 bits per heavy atom. The van der Waals surface area contributed by atoms with Gasteiger partial charge in [-0.25, -0.2) is 0 Å². The molecule has 0 N–H and O–H groups in total. The molecule has 0 spiro atoms. The summed E-state index contributed by atoms with van der Waals surface area (Å²) in [5.41, 5.74) is 3.02. The van der Waals surface area contributed by atoms with Gasteiger partial charge in [-0.15, -0.1) is 0 Å². The summed E-state index contributed by atoms with van der Waals surface area (Å²) in [5, 5.41) is 0. The summed E-state index contributed by atoms with van der Waals surface area (Å²) in [7, 11) is 0. The summed E-state index contributed by atoms with van der Waals surface area (Å²) in [6, 6.07) is 0. The molecule has 1 radical (unpaired) electrons. The maximum absolute atomic E-state index is 5.71. The van der Waals surface area contributed by atoms with Gasteiger partial charge in [0.05, 0.1) is 0 Å². The van der Waals surface area contributed by atoms with Crippen molar-refractivity contribution in [3.05, 3.63) is 29.6 Å². The van der Waals surface area contributed by atoms with E-state index in [1.165, 1.54) is 49.0 Å². The van der Waals surface area contributed by atoms with Crippen molar-refractivity contribution in [1.29, 1.82) is 0 Å². The summed E-state index contributed by atoms with van der Waals surface area (Å²) in [4.78, 5) is 0. The molecule has 1 atom stereocenters. The molecule has 1 aliphatic heterocycles. The van der Waals surface area contributed by atoms with Crippen molar-refractivity contribution < 1.29 is 9.47 Å². The van der Waals surface area contributed by atoms with E-state index in [4.69, 9.17) is 9.47 Å². The molecule has 3 aliphatic rings. The van der Waals surface area contributed by atoms with Crippen LogP contribution in [-0.4, -0.2) is 6.29 Å². The highest BCUT2D eigenvalue weighted by Gasteiger charge is 2.30. The lowest BCUT2D eigenvalue weighted by molar-refractivity contribution is 0.102. The van der Waals surface area contributed by atoms with Crippen molar-refractivity contribution in [2.75, 3.05) is 0 Å². The molecule has 1 heterocycles. The van der Waals surface area contributed by atoms with Crippen molar-refractivity contribution in [2.45, 2.75) is 44.8 Å². The fourth-order valence-electron chi connectivity index (χ4n) is 2.36. The van der Waals surface area contributed by atoms with Gasteiger partial charge < -0.3 is 9.47 Å². The van der Waals surface area contributed by atoms with Crippen LogP contribution in [0.25, 0.3) is 0 Å². The van der Waals surface area contributed by atoms with Gasteiger partial charge in [0.1, 0.15) is 5.76 Å². The Balaban J connectivity index is 1.78. The first-order valence-corrected chi connectivity index (χ1v) is 5.50. The second-order valence-corrected chi connectivity index (χ2v) is 4.14. The van der Waals surface area contributed by atoms with Gasteiger partial charge in [-0.2, -0.15) is 0 Å². The lowest BCUT2D eigenvalue weighted by Crippen LogP contribution is -1.96. The molecular weight excluding hydrogens is 176 g/mol. The van der Waals surface area contributed by atoms with Crippen LogP contribution < -0.4 is 0 Å². The van der Waals surface area contributed by atoms with Gasteiger partial charge in [0.15, 0.2) is 6.61 Å². The van der Waals surface area contributed by atoms with Crippen molar-refractivity contribution >= 4 is 0 Å². The molecule has 2 nitrogen and oxygen atoms in total. The van der Waals surface area contributed by atoms with E-state index in [9.17, 15) is 0 Å². The molecular formula is C12H15O2. The van der Waals surface area contributed by atoms with Crippen LogP contribution >= 0.6 is 0 Å². The van der Waals surface area contributed by atoms with E-state index in [2.05, 4.69) is 6.08 Å². The summed E-state index contributed by atoms with van der Waals surface area (Å²) < 4.78 is 10.7. The van der Waals surface area contributed by atoms with E-state index in [1.807, 2.05) is 0 Å². The zero-order valence-corrected chi connectivity index (χ0v) is 8.29. The van der Waals surface area contributed by atoms with E-state index in [0.29, 0.717) is 0 Å². The predicted octanol–water partition coefficient (Wildman–Crippen LogP) is 3.07. The standard InChI is InChI=1S/C12H15O2/c1-2-5-9(4-1)10-6-3-7-11(10)14-12-8-13-12/h4,8,12H,1-3,5-7H2. The summed E-state index contributed by atoms with van der Waals surface area (Å²) >= 11 is 0. The van der Waals surface area contributed by atoms with Crippen molar-refractivity contribution in [1.82, 2.24) is 0 Å². The minimum absolute atomic E-state index is 0.0416. The second kappa shape index (κ2) is 3.43. The second-order valence-electron chi connectivity index (χ2n) is 4.14. The first-order valence-electron chi connectivity index (χ1n) is 5.50. The average Bonchev–Trinajstić information content (AvgIpc) is 2.68. The fraction of sp³-hybridized carbons (Fsp3) is 0.583.